The summed E-state index contributed by atoms with van der Waals surface area (Å²) in [6.07, 6.45) is 1.07. The number of nitrogens with one attached hydrogen (secondary N) is 1. The molecule has 2 heterocycles. The summed E-state index contributed by atoms with van der Waals surface area (Å²) >= 11 is 0. The Labute approximate surface area is 203 Å². The fourth-order valence-corrected chi connectivity index (χ4v) is 5.25. The lowest BCUT2D eigenvalue weighted by Crippen LogP contribution is -2.29. The van der Waals surface area contributed by atoms with Crippen LogP contribution in [-0.4, -0.2) is 39.4 Å². The number of allylic oxidation sites excluding steroid dienone is 2. The van der Waals surface area contributed by atoms with Gasteiger partial charge in [0, 0.05) is 23.3 Å². The fourth-order valence-electron chi connectivity index (χ4n) is 5.25. The minimum Gasteiger partial charge on any atom is -0.497 e. The van der Waals surface area contributed by atoms with E-state index in [1.54, 1.807) is 28.4 Å². The van der Waals surface area contributed by atoms with Gasteiger partial charge in [-0.1, -0.05) is 23.4 Å². The van der Waals surface area contributed by atoms with Crippen LogP contribution in [0.15, 0.2) is 52.2 Å². The van der Waals surface area contributed by atoms with Crippen LogP contribution in [0.2, 0.25) is 0 Å². The van der Waals surface area contributed by atoms with E-state index in [0.29, 0.717) is 47.2 Å². The third kappa shape index (κ3) is 3.69. The molecule has 35 heavy (non-hydrogen) atoms. The second-order valence-corrected chi connectivity index (χ2v) is 8.69. The fraction of sp³-hybridized carbons (Fsp3) is 0.333. The van der Waals surface area contributed by atoms with Gasteiger partial charge in [0.15, 0.2) is 17.3 Å². The summed E-state index contributed by atoms with van der Waals surface area (Å²) in [5, 5.41) is 7.57. The molecule has 0 bridgehead atoms. The summed E-state index contributed by atoms with van der Waals surface area (Å²) in [6, 6.07) is 11.6. The number of rotatable bonds is 6. The predicted octanol–water partition coefficient (Wildman–Crippen LogP) is 4.98. The van der Waals surface area contributed by atoms with Gasteiger partial charge in [-0.2, -0.15) is 0 Å². The van der Waals surface area contributed by atoms with Gasteiger partial charge in [-0.25, -0.2) is 0 Å². The van der Waals surface area contributed by atoms with Gasteiger partial charge >= 0.3 is 0 Å². The molecule has 0 spiro atoms. The first-order valence-corrected chi connectivity index (χ1v) is 11.4. The maximum atomic E-state index is 13.8. The van der Waals surface area contributed by atoms with Crippen LogP contribution in [0.5, 0.6) is 23.0 Å². The molecule has 2 atom stereocenters. The van der Waals surface area contributed by atoms with Crippen LogP contribution < -0.4 is 24.3 Å². The van der Waals surface area contributed by atoms with E-state index in [0.717, 1.165) is 28.1 Å². The Balaban J connectivity index is 1.64. The number of hydrogen-bond acceptors (Lipinski definition) is 8. The third-order valence-electron chi connectivity index (χ3n) is 6.89. The molecule has 0 radical (unpaired) electrons. The zero-order valence-corrected chi connectivity index (χ0v) is 20.4. The van der Waals surface area contributed by atoms with Crippen LogP contribution >= 0.6 is 0 Å². The topological polar surface area (TPSA) is 92.1 Å². The van der Waals surface area contributed by atoms with E-state index in [-0.39, 0.29) is 11.7 Å². The standard InChI is InChI=1S/C27H28N2O6/c1-14-22-23(18-10-11-21(32-3)26(34-5)25(18)33-4)24-19(28-27(22)35-29-14)12-16(13-20(24)30)15-6-8-17(31-2)9-7-15/h6-11,16,23,28H,12-13H2,1-5H3/t16-,23+/m1/s1. The molecule has 2 aromatic carbocycles. The largest absolute Gasteiger partial charge is 0.497 e. The van der Waals surface area contributed by atoms with E-state index in [1.807, 2.05) is 43.3 Å². The molecular weight excluding hydrogens is 448 g/mol. The number of aromatic nitrogens is 1. The number of anilines is 1. The van der Waals surface area contributed by atoms with Crippen LogP contribution in [-0.2, 0) is 4.79 Å². The average molecular weight is 477 g/mol. The summed E-state index contributed by atoms with van der Waals surface area (Å²) in [6.45, 7) is 1.88. The van der Waals surface area contributed by atoms with E-state index in [9.17, 15) is 4.79 Å². The Hall–Kier alpha value is -3.94. The SMILES string of the molecule is COc1ccc([C@H]2CC(=O)C3=C(C2)Nc2onc(C)c2[C@@H]3c2ccc(OC)c(OC)c2OC)cc1. The quantitative estimate of drug-likeness (QED) is 0.533. The van der Waals surface area contributed by atoms with Crippen molar-refractivity contribution in [2.24, 2.45) is 0 Å². The molecule has 0 saturated carbocycles. The van der Waals surface area contributed by atoms with Crippen LogP contribution in [0.4, 0.5) is 5.88 Å². The number of methoxy groups -OCH3 is 4. The Morgan fingerprint density at radius 1 is 0.914 bits per heavy atom. The molecule has 0 saturated heterocycles. The highest BCUT2D eigenvalue weighted by atomic mass is 16.5. The summed E-state index contributed by atoms with van der Waals surface area (Å²) in [5.74, 6) is 2.58. The van der Waals surface area contributed by atoms with Gasteiger partial charge in [0.2, 0.25) is 11.6 Å². The molecule has 5 rings (SSSR count). The molecule has 8 nitrogen and oxygen atoms in total. The first kappa shape index (κ1) is 22.8. The van der Waals surface area contributed by atoms with Gasteiger partial charge in [0.25, 0.3) is 0 Å². The Morgan fingerprint density at radius 3 is 2.31 bits per heavy atom. The Kier molecular flexibility index (Phi) is 5.88. The molecule has 3 aromatic rings. The Morgan fingerprint density at radius 2 is 1.66 bits per heavy atom. The first-order valence-electron chi connectivity index (χ1n) is 11.4. The second-order valence-electron chi connectivity index (χ2n) is 8.69. The highest BCUT2D eigenvalue weighted by Gasteiger charge is 2.42. The lowest BCUT2D eigenvalue weighted by atomic mass is 9.72. The minimum absolute atomic E-state index is 0.0400. The van der Waals surface area contributed by atoms with E-state index >= 15 is 0 Å². The Bertz CT molecular complexity index is 1310. The summed E-state index contributed by atoms with van der Waals surface area (Å²) < 4.78 is 27.8. The zero-order valence-electron chi connectivity index (χ0n) is 20.4. The number of benzene rings is 2. The zero-order chi connectivity index (χ0) is 24.7. The maximum Gasteiger partial charge on any atom is 0.233 e. The number of fused-ring (bicyclic) bond motifs is 1. The van der Waals surface area contributed by atoms with Gasteiger partial charge in [0.05, 0.1) is 45.6 Å². The van der Waals surface area contributed by atoms with E-state index in [1.165, 1.54) is 0 Å². The van der Waals surface area contributed by atoms with Crippen molar-refractivity contribution in [1.82, 2.24) is 5.16 Å². The second kappa shape index (κ2) is 9.02. The molecule has 0 amide bonds. The molecule has 1 aliphatic heterocycles. The van der Waals surface area contributed by atoms with Crippen molar-refractivity contribution in [3.63, 3.8) is 0 Å². The van der Waals surface area contributed by atoms with Crippen LogP contribution in [0.1, 0.15) is 47.1 Å². The van der Waals surface area contributed by atoms with Gasteiger partial charge in [-0.15, -0.1) is 0 Å². The van der Waals surface area contributed by atoms with Crippen LogP contribution in [0.25, 0.3) is 0 Å². The van der Waals surface area contributed by atoms with E-state index in [2.05, 4.69) is 10.5 Å². The number of carbonyl (C=O) groups excluding carboxylic acids is 1. The van der Waals surface area contributed by atoms with Gasteiger partial charge in [-0.3, -0.25) is 4.79 Å². The normalized spacial score (nSPS) is 18.9. The predicted molar refractivity (Wildman–Crippen MR) is 130 cm³/mol. The molecule has 0 fully saturated rings. The third-order valence-corrected chi connectivity index (χ3v) is 6.89. The number of nitrogens with zero attached hydrogens (tertiary/aromatic N) is 1. The van der Waals surface area contributed by atoms with Crippen molar-refractivity contribution in [3.05, 3.63) is 70.1 Å². The summed E-state index contributed by atoms with van der Waals surface area (Å²) in [4.78, 5) is 13.8. The van der Waals surface area contributed by atoms with Crippen molar-refractivity contribution in [2.45, 2.75) is 31.6 Å². The van der Waals surface area contributed by atoms with Crippen molar-refractivity contribution in [1.29, 1.82) is 0 Å². The molecule has 1 N–H and O–H groups in total. The number of aryl methyl sites for hydroxylation is 1. The number of ketones is 1. The van der Waals surface area contributed by atoms with Crippen molar-refractivity contribution >= 4 is 11.7 Å². The lowest BCUT2D eigenvalue weighted by molar-refractivity contribution is -0.116. The number of hydrogen-bond donors (Lipinski definition) is 1. The molecule has 8 heteroatoms. The van der Waals surface area contributed by atoms with E-state index in [4.69, 9.17) is 23.5 Å². The smallest absolute Gasteiger partial charge is 0.233 e. The lowest BCUT2D eigenvalue weighted by Gasteiger charge is -2.35. The minimum atomic E-state index is -0.411. The molecule has 182 valence electrons. The number of ether oxygens (including phenoxy) is 4. The summed E-state index contributed by atoms with van der Waals surface area (Å²) in [5.41, 5.74) is 4.97. The van der Waals surface area contributed by atoms with Gasteiger partial charge in [0.1, 0.15) is 5.75 Å². The molecule has 2 aliphatic rings. The highest BCUT2D eigenvalue weighted by molar-refractivity contribution is 6.02. The first-order chi connectivity index (χ1) is 17.0. The monoisotopic (exact) mass is 476 g/mol. The van der Waals surface area contributed by atoms with Crippen LogP contribution in [0.3, 0.4) is 0 Å². The molecule has 1 aromatic heterocycles. The van der Waals surface area contributed by atoms with Crippen molar-refractivity contribution < 1.29 is 28.3 Å². The van der Waals surface area contributed by atoms with Gasteiger partial charge in [-0.05, 0) is 43.0 Å². The van der Waals surface area contributed by atoms with Crippen LogP contribution in [0, 0.1) is 6.92 Å². The highest BCUT2D eigenvalue weighted by Crippen LogP contribution is 2.53. The molecule has 1 aliphatic carbocycles. The average Bonchev–Trinajstić information content (AvgIpc) is 3.26. The van der Waals surface area contributed by atoms with Gasteiger partial charge < -0.3 is 28.8 Å². The van der Waals surface area contributed by atoms with Crippen molar-refractivity contribution in [2.75, 3.05) is 33.8 Å². The summed E-state index contributed by atoms with van der Waals surface area (Å²) in [7, 11) is 6.37. The number of Topliss-reactive ketones (excluding diaryl/α,β-unsaturated/α-hetero) is 1. The molecular formula is C27H28N2O6. The molecule has 0 unspecified atom stereocenters. The number of carbonyl (C=O) groups is 1. The van der Waals surface area contributed by atoms with Crippen molar-refractivity contribution in [3.8, 4) is 23.0 Å². The van der Waals surface area contributed by atoms with E-state index < -0.39 is 5.92 Å². The maximum absolute atomic E-state index is 13.8.